The van der Waals surface area contributed by atoms with Gasteiger partial charge in [-0.3, -0.25) is 4.79 Å². The molecule has 0 unspecified atom stereocenters. The fourth-order valence-corrected chi connectivity index (χ4v) is 1.35. The van der Waals surface area contributed by atoms with Gasteiger partial charge in [-0.25, -0.2) is 4.79 Å². The summed E-state index contributed by atoms with van der Waals surface area (Å²) in [4.78, 5) is 22.0. The number of carbonyl (C=O) groups is 2. The Hall–Kier alpha value is -0.970. The van der Waals surface area contributed by atoms with Gasteiger partial charge in [-0.1, -0.05) is 0 Å². The number of amides is 1. The van der Waals surface area contributed by atoms with E-state index in [2.05, 4.69) is 4.74 Å². The van der Waals surface area contributed by atoms with E-state index < -0.39 is 11.9 Å². The standard InChI is InChI=1S/C6H7NO3S/c1-11-3-2-10-6(9)4(3)5(7)8/h2H2,1H3,(H2,7,8). The first-order valence-corrected chi connectivity index (χ1v) is 4.13. The van der Waals surface area contributed by atoms with Crippen molar-refractivity contribution in [1.82, 2.24) is 0 Å². The first-order valence-electron chi connectivity index (χ1n) is 2.91. The summed E-state index contributed by atoms with van der Waals surface area (Å²) in [6.07, 6.45) is 1.76. The molecule has 1 heterocycles. The van der Waals surface area contributed by atoms with Gasteiger partial charge in [0.1, 0.15) is 12.2 Å². The second-order valence-corrected chi connectivity index (χ2v) is 2.84. The molecule has 0 atom stereocenters. The van der Waals surface area contributed by atoms with E-state index in [1.165, 1.54) is 11.8 Å². The molecule has 0 saturated carbocycles. The summed E-state index contributed by atoms with van der Waals surface area (Å²) in [5.74, 6) is -1.32. The van der Waals surface area contributed by atoms with Crippen LogP contribution in [0.3, 0.4) is 0 Å². The number of thioether (sulfide) groups is 1. The van der Waals surface area contributed by atoms with Gasteiger partial charge < -0.3 is 10.5 Å². The Labute approximate surface area is 67.8 Å². The molecule has 1 rings (SSSR count). The van der Waals surface area contributed by atoms with E-state index in [0.29, 0.717) is 4.91 Å². The SMILES string of the molecule is CSC1=C(C(N)=O)C(=O)OC1. The lowest BCUT2D eigenvalue weighted by Crippen LogP contribution is -2.19. The van der Waals surface area contributed by atoms with Crippen LogP contribution in [0, 0.1) is 0 Å². The molecule has 0 saturated heterocycles. The van der Waals surface area contributed by atoms with Crippen molar-refractivity contribution in [3.8, 4) is 0 Å². The number of hydrogen-bond donors (Lipinski definition) is 1. The maximum absolute atomic E-state index is 10.8. The number of cyclic esters (lactones) is 1. The van der Waals surface area contributed by atoms with Crippen LogP contribution in [0.5, 0.6) is 0 Å². The number of ether oxygens (including phenoxy) is 1. The summed E-state index contributed by atoms with van der Waals surface area (Å²) in [7, 11) is 0. The van der Waals surface area contributed by atoms with Crippen LogP contribution < -0.4 is 5.73 Å². The minimum Gasteiger partial charge on any atom is -0.456 e. The average molecular weight is 173 g/mol. The zero-order valence-corrected chi connectivity index (χ0v) is 6.73. The van der Waals surface area contributed by atoms with Gasteiger partial charge in [0.05, 0.1) is 0 Å². The minimum absolute atomic E-state index is 0.00231. The van der Waals surface area contributed by atoms with Gasteiger partial charge >= 0.3 is 5.97 Å². The lowest BCUT2D eigenvalue weighted by molar-refractivity contribution is -0.137. The van der Waals surface area contributed by atoms with Crippen LogP contribution >= 0.6 is 11.8 Å². The number of primary amides is 1. The predicted octanol–water partition coefficient (Wildman–Crippen LogP) is -0.354. The van der Waals surface area contributed by atoms with Crippen molar-refractivity contribution < 1.29 is 14.3 Å². The van der Waals surface area contributed by atoms with Crippen molar-refractivity contribution in [1.29, 1.82) is 0 Å². The van der Waals surface area contributed by atoms with E-state index in [4.69, 9.17) is 5.73 Å². The first kappa shape index (κ1) is 8.13. The third-order valence-electron chi connectivity index (χ3n) is 1.31. The van der Waals surface area contributed by atoms with Crippen molar-refractivity contribution in [3.63, 3.8) is 0 Å². The fourth-order valence-electron chi connectivity index (χ4n) is 0.788. The molecule has 60 valence electrons. The van der Waals surface area contributed by atoms with Crippen molar-refractivity contribution in [2.75, 3.05) is 12.9 Å². The molecule has 0 aliphatic carbocycles. The highest BCUT2D eigenvalue weighted by Crippen LogP contribution is 2.23. The molecule has 0 bridgehead atoms. The number of rotatable bonds is 2. The number of nitrogens with two attached hydrogens (primary N) is 1. The molecule has 0 aromatic heterocycles. The van der Waals surface area contributed by atoms with Gasteiger partial charge in [-0.05, 0) is 6.26 Å². The Balaban J connectivity index is 2.99. The molecule has 11 heavy (non-hydrogen) atoms. The molecule has 2 N–H and O–H groups in total. The molecule has 0 radical (unpaired) electrons. The second-order valence-electron chi connectivity index (χ2n) is 1.94. The Morgan fingerprint density at radius 3 is 2.73 bits per heavy atom. The van der Waals surface area contributed by atoms with Crippen LogP contribution in [0.2, 0.25) is 0 Å². The molecule has 1 aliphatic rings. The third kappa shape index (κ3) is 1.37. The predicted molar refractivity (Wildman–Crippen MR) is 40.7 cm³/mol. The Morgan fingerprint density at radius 2 is 2.36 bits per heavy atom. The Morgan fingerprint density at radius 1 is 1.73 bits per heavy atom. The molecule has 0 fully saturated rings. The molecule has 1 amide bonds. The van der Waals surface area contributed by atoms with Crippen LogP contribution in [-0.4, -0.2) is 24.7 Å². The molecule has 4 nitrogen and oxygen atoms in total. The summed E-state index contributed by atoms with van der Waals surface area (Å²) >= 11 is 1.31. The molecule has 0 aromatic carbocycles. The van der Waals surface area contributed by atoms with Crippen molar-refractivity contribution in [2.24, 2.45) is 5.73 Å². The van der Waals surface area contributed by atoms with Gasteiger partial charge in [-0.15, -0.1) is 11.8 Å². The zero-order chi connectivity index (χ0) is 8.43. The first-order chi connectivity index (χ1) is 5.16. The highest BCUT2D eigenvalue weighted by Gasteiger charge is 2.28. The summed E-state index contributed by atoms with van der Waals surface area (Å²) in [6.45, 7) is 0.179. The van der Waals surface area contributed by atoms with Gasteiger partial charge in [0.25, 0.3) is 5.91 Å². The van der Waals surface area contributed by atoms with E-state index in [1.54, 1.807) is 6.26 Å². The van der Waals surface area contributed by atoms with Crippen molar-refractivity contribution >= 4 is 23.6 Å². The van der Waals surface area contributed by atoms with Gasteiger partial charge in [0.2, 0.25) is 0 Å². The van der Waals surface area contributed by atoms with E-state index in [-0.39, 0.29) is 12.2 Å². The second kappa shape index (κ2) is 2.96. The lowest BCUT2D eigenvalue weighted by atomic mass is 10.3. The van der Waals surface area contributed by atoms with E-state index in [0.717, 1.165) is 0 Å². The van der Waals surface area contributed by atoms with E-state index in [1.807, 2.05) is 0 Å². The molecule has 5 heteroatoms. The monoisotopic (exact) mass is 173 g/mol. The van der Waals surface area contributed by atoms with Gasteiger partial charge in [0, 0.05) is 4.91 Å². The fraction of sp³-hybridized carbons (Fsp3) is 0.333. The summed E-state index contributed by atoms with van der Waals surface area (Å²) < 4.78 is 4.60. The highest BCUT2D eigenvalue weighted by molar-refractivity contribution is 8.02. The zero-order valence-electron chi connectivity index (χ0n) is 5.92. The third-order valence-corrected chi connectivity index (χ3v) is 2.12. The molecular weight excluding hydrogens is 166 g/mol. The van der Waals surface area contributed by atoms with Crippen LogP contribution in [0.25, 0.3) is 0 Å². The van der Waals surface area contributed by atoms with Crippen molar-refractivity contribution in [2.45, 2.75) is 0 Å². The Kier molecular flexibility index (Phi) is 2.19. The van der Waals surface area contributed by atoms with E-state index in [9.17, 15) is 9.59 Å². The molecular formula is C6H7NO3S. The Bertz CT molecular complexity index is 246. The molecule has 1 aliphatic heterocycles. The topological polar surface area (TPSA) is 69.4 Å². The largest absolute Gasteiger partial charge is 0.456 e. The number of hydrogen-bond acceptors (Lipinski definition) is 4. The van der Waals surface area contributed by atoms with Crippen LogP contribution in [0.15, 0.2) is 10.5 Å². The van der Waals surface area contributed by atoms with Crippen LogP contribution in [-0.2, 0) is 14.3 Å². The van der Waals surface area contributed by atoms with Gasteiger partial charge in [0.15, 0.2) is 0 Å². The summed E-state index contributed by atoms with van der Waals surface area (Å²) in [6, 6.07) is 0. The van der Waals surface area contributed by atoms with E-state index >= 15 is 0 Å². The van der Waals surface area contributed by atoms with Gasteiger partial charge in [-0.2, -0.15) is 0 Å². The number of esters is 1. The smallest absolute Gasteiger partial charge is 0.345 e. The van der Waals surface area contributed by atoms with Crippen LogP contribution in [0.1, 0.15) is 0 Å². The molecule has 0 aromatic rings. The van der Waals surface area contributed by atoms with Crippen LogP contribution in [0.4, 0.5) is 0 Å². The maximum atomic E-state index is 10.8. The minimum atomic E-state index is -0.711. The van der Waals surface area contributed by atoms with Crippen molar-refractivity contribution in [3.05, 3.63) is 10.5 Å². The maximum Gasteiger partial charge on any atom is 0.345 e. The normalized spacial score (nSPS) is 17.0. The summed E-state index contributed by atoms with van der Waals surface area (Å²) in [5.41, 5.74) is 4.94. The average Bonchev–Trinajstić information content (AvgIpc) is 2.30. The lowest BCUT2D eigenvalue weighted by Gasteiger charge is -1.92. The highest BCUT2D eigenvalue weighted by atomic mass is 32.2. The molecule has 0 spiro atoms. The quantitative estimate of drug-likeness (QED) is 0.457. The number of carbonyl (C=O) groups excluding carboxylic acids is 2. The summed E-state index contributed by atoms with van der Waals surface area (Å²) in [5, 5.41) is 0.